The second kappa shape index (κ2) is 7.94. The molecule has 0 saturated carbocycles. The third-order valence-electron chi connectivity index (χ3n) is 3.74. The van der Waals surface area contributed by atoms with Crippen LogP contribution in [0.2, 0.25) is 0 Å². The molecule has 120 valence electrons. The molecule has 21 heavy (non-hydrogen) atoms. The van der Waals surface area contributed by atoms with E-state index in [4.69, 9.17) is 0 Å². The second-order valence-corrected chi connectivity index (χ2v) is 9.03. The Balaban J connectivity index is 2.85. The van der Waals surface area contributed by atoms with E-state index in [1.54, 1.807) is 25.2 Å². The molecular weight excluding hydrogens is 306 g/mol. The van der Waals surface area contributed by atoms with E-state index in [2.05, 4.69) is 19.2 Å². The van der Waals surface area contributed by atoms with Crippen molar-refractivity contribution in [2.75, 3.05) is 5.75 Å². The average Bonchev–Trinajstić information content (AvgIpc) is 2.91. The molecule has 0 unspecified atom stereocenters. The van der Waals surface area contributed by atoms with E-state index < -0.39 is 26.7 Å². The molecule has 1 aromatic rings. The van der Waals surface area contributed by atoms with Gasteiger partial charge >= 0.3 is 0 Å². The molecule has 0 aliphatic carbocycles. The van der Waals surface area contributed by atoms with Crippen molar-refractivity contribution in [3.8, 4) is 0 Å². The molecule has 1 aromatic heterocycles. The Morgan fingerprint density at radius 2 is 1.90 bits per heavy atom. The van der Waals surface area contributed by atoms with Crippen LogP contribution in [-0.4, -0.2) is 25.3 Å². The summed E-state index contributed by atoms with van der Waals surface area (Å²) in [4.78, 5) is 13.2. The lowest BCUT2D eigenvalue weighted by Crippen LogP contribution is -2.38. The molecule has 0 fully saturated rings. The lowest BCUT2D eigenvalue weighted by atomic mass is 9.93. The molecule has 0 aliphatic rings. The largest absolute Gasteiger partial charge is 0.347 e. The Bertz CT molecular complexity index is 531. The molecule has 1 rings (SSSR count). The van der Waals surface area contributed by atoms with Gasteiger partial charge in [-0.3, -0.25) is 4.79 Å². The van der Waals surface area contributed by atoms with Gasteiger partial charge in [-0.05, 0) is 31.2 Å². The minimum Gasteiger partial charge on any atom is -0.347 e. The highest BCUT2D eigenvalue weighted by Crippen LogP contribution is 2.30. The van der Waals surface area contributed by atoms with Gasteiger partial charge in [0.2, 0.25) is 5.91 Å². The van der Waals surface area contributed by atoms with E-state index in [9.17, 15) is 13.2 Å². The Labute approximate surface area is 131 Å². The Morgan fingerprint density at radius 3 is 2.33 bits per heavy atom. The van der Waals surface area contributed by atoms with Crippen molar-refractivity contribution in [3.05, 3.63) is 22.4 Å². The van der Waals surface area contributed by atoms with E-state index in [1.165, 1.54) is 0 Å². The van der Waals surface area contributed by atoms with Gasteiger partial charge in [0.05, 0.1) is 11.3 Å². The molecule has 1 N–H and O–H groups in total. The zero-order chi connectivity index (χ0) is 16.0. The van der Waals surface area contributed by atoms with Gasteiger partial charge in [0.1, 0.15) is 5.75 Å². The van der Waals surface area contributed by atoms with E-state index in [0.717, 1.165) is 17.7 Å². The smallest absolute Gasteiger partial charge is 0.235 e. The summed E-state index contributed by atoms with van der Waals surface area (Å²) in [7, 11) is -3.36. The lowest BCUT2D eigenvalue weighted by molar-refractivity contribution is -0.119. The number of thiophene rings is 1. The third-order valence-corrected chi connectivity index (χ3v) is 6.79. The van der Waals surface area contributed by atoms with Crippen LogP contribution in [0.1, 0.15) is 51.5 Å². The van der Waals surface area contributed by atoms with E-state index in [1.807, 2.05) is 17.5 Å². The lowest BCUT2D eigenvalue weighted by Gasteiger charge is -2.25. The first-order valence-corrected chi connectivity index (χ1v) is 9.95. The summed E-state index contributed by atoms with van der Waals surface area (Å²) in [5, 5.41) is 4.37. The van der Waals surface area contributed by atoms with Crippen LogP contribution in [0.4, 0.5) is 0 Å². The van der Waals surface area contributed by atoms with Crippen molar-refractivity contribution in [2.24, 2.45) is 5.92 Å². The summed E-state index contributed by atoms with van der Waals surface area (Å²) in [5.41, 5.74) is 0. The van der Waals surface area contributed by atoms with Gasteiger partial charge in [-0.25, -0.2) is 8.42 Å². The van der Waals surface area contributed by atoms with Crippen LogP contribution in [0.3, 0.4) is 0 Å². The minimum atomic E-state index is -3.36. The number of hydrogen-bond acceptors (Lipinski definition) is 4. The van der Waals surface area contributed by atoms with Crippen LogP contribution in [0, 0.1) is 5.92 Å². The molecule has 1 heterocycles. The van der Waals surface area contributed by atoms with Crippen LogP contribution in [0.5, 0.6) is 0 Å². The average molecular weight is 332 g/mol. The highest BCUT2D eigenvalue weighted by molar-refractivity contribution is 7.92. The number of hydrogen-bond donors (Lipinski definition) is 1. The quantitative estimate of drug-likeness (QED) is 0.796. The summed E-state index contributed by atoms with van der Waals surface area (Å²) in [6.45, 7) is 7.37. The zero-order valence-electron chi connectivity index (χ0n) is 13.1. The van der Waals surface area contributed by atoms with Crippen molar-refractivity contribution >= 4 is 27.1 Å². The molecule has 0 spiro atoms. The van der Waals surface area contributed by atoms with E-state index in [-0.39, 0.29) is 6.04 Å². The van der Waals surface area contributed by atoms with Gasteiger partial charge in [-0.15, -0.1) is 11.3 Å². The van der Waals surface area contributed by atoms with Crippen LogP contribution in [0.15, 0.2) is 17.5 Å². The van der Waals surface area contributed by atoms with Gasteiger partial charge in [0.25, 0.3) is 0 Å². The predicted molar refractivity (Wildman–Crippen MR) is 88.2 cm³/mol. The SMILES string of the molecule is CCC(CC)[C@@H](NC(=O)CS(=O)(=O)C(C)C)c1cccs1. The monoisotopic (exact) mass is 331 g/mol. The number of amides is 1. The van der Waals surface area contributed by atoms with E-state index >= 15 is 0 Å². The molecule has 0 aromatic carbocycles. The summed E-state index contributed by atoms with van der Waals surface area (Å²) < 4.78 is 23.7. The number of nitrogens with one attached hydrogen (secondary N) is 1. The minimum absolute atomic E-state index is 0.102. The maximum absolute atomic E-state index is 12.1. The molecule has 1 amide bonds. The van der Waals surface area contributed by atoms with Gasteiger partial charge in [-0.1, -0.05) is 32.8 Å². The zero-order valence-corrected chi connectivity index (χ0v) is 14.8. The van der Waals surface area contributed by atoms with Crippen molar-refractivity contribution < 1.29 is 13.2 Å². The molecule has 4 nitrogen and oxygen atoms in total. The first kappa shape index (κ1) is 18.2. The molecule has 0 bridgehead atoms. The van der Waals surface area contributed by atoms with Crippen molar-refractivity contribution in [2.45, 2.75) is 51.8 Å². The molecule has 1 atom stereocenters. The molecular formula is C15H25NO3S2. The van der Waals surface area contributed by atoms with Crippen molar-refractivity contribution in [1.82, 2.24) is 5.32 Å². The second-order valence-electron chi connectivity index (χ2n) is 5.49. The fourth-order valence-electron chi connectivity index (χ4n) is 2.21. The normalized spacial score (nSPS) is 13.6. The Morgan fingerprint density at radius 1 is 1.29 bits per heavy atom. The van der Waals surface area contributed by atoms with Crippen molar-refractivity contribution in [1.29, 1.82) is 0 Å². The van der Waals surface area contributed by atoms with Gasteiger partial charge in [0, 0.05) is 4.88 Å². The Kier molecular flexibility index (Phi) is 6.87. The number of carbonyl (C=O) groups excluding carboxylic acids is 1. The number of sulfone groups is 1. The number of carbonyl (C=O) groups is 1. The van der Waals surface area contributed by atoms with Gasteiger partial charge in [-0.2, -0.15) is 0 Å². The van der Waals surface area contributed by atoms with Crippen molar-refractivity contribution in [3.63, 3.8) is 0 Å². The van der Waals surface area contributed by atoms with Crippen LogP contribution >= 0.6 is 11.3 Å². The molecule has 6 heteroatoms. The first-order chi connectivity index (χ1) is 9.81. The molecule has 0 aliphatic heterocycles. The fourth-order valence-corrected chi connectivity index (χ4v) is 3.87. The first-order valence-electron chi connectivity index (χ1n) is 7.36. The van der Waals surface area contributed by atoms with Gasteiger partial charge in [0.15, 0.2) is 9.84 Å². The standard InChI is InChI=1S/C15H25NO3S2/c1-5-12(6-2)15(13-8-7-9-20-13)16-14(17)10-21(18,19)11(3)4/h7-9,11-12,15H,5-6,10H2,1-4H3,(H,16,17)/t15-/m1/s1. The summed E-state index contributed by atoms with van der Waals surface area (Å²) in [6.07, 6.45) is 1.88. The Hall–Kier alpha value is -0.880. The third kappa shape index (κ3) is 5.11. The summed E-state index contributed by atoms with van der Waals surface area (Å²) in [6, 6.07) is 3.84. The fraction of sp³-hybridized carbons (Fsp3) is 0.667. The number of rotatable bonds is 8. The predicted octanol–water partition coefficient (Wildman–Crippen LogP) is 3.16. The maximum Gasteiger partial charge on any atom is 0.235 e. The highest BCUT2D eigenvalue weighted by atomic mass is 32.2. The molecule has 0 saturated heterocycles. The van der Waals surface area contributed by atoms with Crippen LogP contribution in [-0.2, 0) is 14.6 Å². The van der Waals surface area contributed by atoms with E-state index in [0.29, 0.717) is 5.92 Å². The van der Waals surface area contributed by atoms with Gasteiger partial charge < -0.3 is 5.32 Å². The van der Waals surface area contributed by atoms with Crippen LogP contribution in [0.25, 0.3) is 0 Å². The maximum atomic E-state index is 12.1. The summed E-state index contributed by atoms with van der Waals surface area (Å²) >= 11 is 1.59. The van der Waals surface area contributed by atoms with Crippen LogP contribution < -0.4 is 5.32 Å². The topological polar surface area (TPSA) is 63.2 Å². The molecule has 0 radical (unpaired) electrons. The highest BCUT2D eigenvalue weighted by Gasteiger charge is 2.26. The summed E-state index contributed by atoms with van der Waals surface area (Å²) in [5.74, 6) is -0.532.